The Kier molecular flexibility index (Phi) is 7.20. The van der Waals surface area contributed by atoms with Crippen LogP contribution >= 0.6 is 22.9 Å². The molecule has 32 heavy (non-hydrogen) atoms. The van der Waals surface area contributed by atoms with Crippen molar-refractivity contribution in [3.8, 4) is 0 Å². The molecule has 1 aromatic carbocycles. The number of thiophene rings is 1. The Morgan fingerprint density at radius 1 is 1.19 bits per heavy atom. The molecule has 0 saturated carbocycles. The van der Waals surface area contributed by atoms with Crippen LogP contribution in [0.3, 0.4) is 0 Å². The van der Waals surface area contributed by atoms with E-state index < -0.39 is 11.4 Å². The SMILES string of the molecule is Cc1cc(NC(=O)C(C)(C)NC(=O)c2ccc(Cl)s2)ccc1C(=O)N1CCCNC(=O)C1. The number of carbonyl (C=O) groups is 4. The largest absolute Gasteiger partial charge is 0.354 e. The fourth-order valence-electron chi connectivity index (χ4n) is 3.26. The van der Waals surface area contributed by atoms with Gasteiger partial charge in [0.25, 0.3) is 11.8 Å². The summed E-state index contributed by atoms with van der Waals surface area (Å²) in [6, 6.07) is 8.18. The van der Waals surface area contributed by atoms with Gasteiger partial charge in [0.05, 0.1) is 15.8 Å². The fourth-order valence-corrected chi connectivity index (χ4v) is 4.20. The van der Waals surface area contributed by atoms with Gasteiger partial charge >= 0.3 is 0 Å². The number of nitrogens with one attached hydrogen (secondary N) is 3. The molecule has 2 heterocycles. The van der Waals surface area contributed by atoms with E-state index in [1.165, 1.54) is 4.90 Å². The van der Waals surface area contributed by atoms with Crippen molar-refractivity contribution < 1.29 is 19.2 Å². The van der Waals surface area contributed by atoms with Crippen LogP contribution in [0.25, 0.3) is 0 Å². The first-order chi connectivity index (χ1) is 15.1. The first-order valence-corrected chi connectivity index (χ1v) is 11.3. The molecule has 0 spiro atoms. The third-order valence-corrected chi connectivity index (χ3v) is 6.28. The summed E-state index contributed by atoms with van der Waals surface area (Å²) in [6.45, 7) is 6.06. The minimum absolute atomic E-state index is 0.0279. The average Bonchev–Trinajstić information content (AvgIpc) is 3.04. The highest BCUT2D eigenvalue weighted by Crippen LogP contribution is 2.23. The lowest BCUT2D eigenvalue weighted by Crippen LogP contribution is -2.52. The van der Waals surface area contributed by atoms with Gasteiger partial charge in [0.2, 0.25) is 11.8 Å². The van der Waals surface area contributed by atoms with Crippen molar-refractivity contribution in [2.24, 2.45) is 0 Å². The third kappa shape index (κ3) is 5.66. The first kappa shape index (κ1) is 23.7. The van der Waals surface area contributed by atoms with Crippen LogP contribution in [0.5, 0.6) is 0 Å². The molecule has 3 N–H and O–H groups in total. The van der Waals surface area contributed by atoms with Crippen molar-refractivity contribution in [2.45, 2.75) is 32.7 Å². The maximum absolute atomic E-state index is 12.9. The number of aryl methyl sites for hydroxylation is 1. The van der Waals surface area contributed by atoms with Crippen molar-refractivity contribution in [2.75, 3.05) is 25.0 Å². The summed E-state index contributed by atoms with van der Waals surface area (Å²) < 4.78 is 0.489. The number of halogens is 1. The minimum Gasteiger partial charge on any atom is -0.354 e. The summed E-state index contributed by atoms with van der Waals surface area (Å²) in [5.41, 5.74) is 0.460. The molecule has 1 saturated heterocycles. The lowest BCUT2D eigenvalue weighted by atomic mass is 10.0. The second-order valence-electron chi connectivity index (χ2n) is 8.10. The van der Waals surface area contributed by atoms with Crippen LogP contribution in [-0.4, -0.2) is 53.7 Å². The predicted molar refractivity (Wildman–Crippen MR) is 124 cm³/mol. The number of nitrogens with zero attached hydrogens (tertiary/aromatic N) is 1. The van der Waals surface area contributed by atoms with E-state index in [0.717, 1.165) is 11.3 Å². The van der Waals surface area contributed by atoms with E-state index in [0.29, 0.717) is 45.5 Å². The van der Waals surface area contributed by atoms with Gasteiger partial charge < -0.3 is 20.9 Å². The van der Waals surface area contributed by atoms with E-state index in [2.05, 4.69) is 16.0 Å². The number of hydrogen-bond donors (Lipinski definition) is 3. The van der Waals surface area contributed by atoms with Gasteiger partial charge in [-0.2, -0.15) is 0 Å². The highest BCUT2D eigenvalue weighted by atomic mass is 35.5. The van der Waals surface area contributed by atoms with Gasteiger partial charge in [0, 0.05) is 24.3 Å². The van der Waals surface area contributed by atoms with Gasteiger partial charge in [-0.1, -0.05) is 11.6 Å². The molecule has 4 amide bonds. The molecule has 1 aliphatic heterocycles. The molecule has 8 nitrogen and oxygen atoms in total. The van der Waals surface area contributed by atoms with E-state index in [1.54, 1.807) is 51.1 Å². The zero-order valence-electron chi connectivity index (χ0n) is 18.1. The first-order valence-electron chi connectivity index (χ1n) is 10.1. The third-order valence-electron chi connectivity index (χ3n) is 5.05. The molecule has 0 aliphatic carbocycles. The topological polar surface area (TPSA) is 108 Å². The predicted octanol–water partition coefficient (Wildman–Crippen LogP) is 2.82. The van der Waals surface area contributed by atoms with Crippen molar-refractivity contribution in [1.29, 1.82) is 0 Å². The Labute approximate surface area is 195 Å². The molecule has 3 rings (SSSR count). The number of anilines is 1. The van der Waals surface area contributed by atoms with Crippen LogP contribution in [0, 0.1) is 6.92 Å². The van der Waals surface area contributed by atoms with Crippen LogP contribution in [0.15, 0.2) is 30.3 Å². The summed E-state index contributed by atoms with van der Waals surface area (Å²) in [5.74, 6) is -1.19. The van der Waals surface area contributed by atoms with Crippen molar-refractivity contribution in [3.05, 3.63) is 50.7 Å². The Morgan fingerprint density at radius 3 is 2.59 bits per heavy atom. The quantitative estimate of drug-likeness (QED) is 0.616. The molecule has 170 valence electrons. The molecule has 2 aromatic rings. The van der Waals surface area contributed by atoms with Crippen LogP contribution < -0.4 is 16.0 Å². The number of rotatable bonds is 5. The van der Waals surface area contributed by atoms with E-state index in [4.69, 9.17) is 11.6 Å². The Morgan fingerprint density at radius 2 is 1.94 bits per heavy atom. The Bertz CT molecular complexity index is 1070. The van der Waals surface area contributed by atoms with Gasteiger partial charge in [-0.3, -0.25) is 19.2 Å². The maximum Gasteiger partial charge on any atom is 0.262 e. The summed E-state index contributed by atoms with van der Waals surface area (Å²) in [4.78, 5) is 51.8. The highest BCUT2D eigenvalue weighted by molar-refractivity contribution is 7.18. The average molecular weight is 477 g/mol. The van der Waals surface area contributed by atoms with Crippen LogP contribution in [0.1, 0.15) is 45.9 Å². The van der Waals surface area contributed by atoms with Crippen LogP contribution in [-0.2, 0) is 9.59 Å². The second-order valence-corrected chi connectivity index (χ2v) is 9.81. The standard InChI is InChI=1S/C22H25ClN4O4S/c1-13-11-14(5-6-15(13)20(30)27-10-4-9-24-18(28)12-27)25-21(31)22(2,3)26-19(29)16-7-8-17(23)32-16/h5-8,11H,4,9-10,12H2,1-3H3,(H,24,28)(H,25,31)(H,26,29). The van der Waals surface area contributed by atoms with Gasteiger partial charge in [0.1, 0.15) is 5.54 Å². The summed E-state index contributed by atoms with van der Waals surface area (Å²) in [6.07, 6.45) is 0.698. The molecule has 0 atom stereocenters. The maximum atomic E-state index is 12.9. The Balaban J connectivity index is 1.67. The van der Waals surface area contributed by atoms with Gasteiger partial charge in [-0.05, 0) is 63.1 Å². The van der Waals surface area contributed by atoms with E-state index in [1.807, 2.05) is 0 Å². The van der Waals surface area contributed by atoms with Crippen LogP contribution in [0.4, 0.5) is 5.69 Å². The summed E-state index contributed by atoms with van der Waals surface area (Å²) >= 11 is 7.00. The molecule has 1 aliphatic rings. The normalized spacial score (nSPS) is 14.4. The zero-order chi connectivity index (χ0) is 23.5. The van der Waals surface area contributed by atoms with Crippen molar-refractivity contribution >= 4 is 52.3 Å². The van der Waals surface area contributed by atoms with Gasteiger partial charge in [-0.25, -0.2) is 0 Å². The smallest absolute Gasteiger partial charge is 0.262 e. The van der Waals surface area contributed by atoms with Crippen molar-refractivity contribution in [3.63, 3.8) is 0 Å². The zero-order valence-corrected chi connectivity index (χ0v) is 19.7. The van der Waals surface area contributed by atoms with E-state index >= 15 is 0 Å². The fraction of sp³-hybridized carbons (Fsp3) is 0.364. The summed E-state index contributed by atoms with van der Waals surface area (Å²) in [5, 5.41) is 8.24. The van der Waals surface area contributed by atoms with Crippen LogP contribution in [0.2, 0.25) is 4.34 Å². The summed E-state index contributed by atoms with van der Waals surface area (Å²) in [7, 11) is 0. The number of hydrogen-bond acceptors (Lipinski definition) is 5. The molecule has 1 aromatic heterocycles. The molecule has 10 heteroatoms. The molecular formula is C22H25ClN4O4S. The number of amides is 4. The lowest BCUT2D eigenvalue weighted by Gasteiger charge is -2.25. The highest BCUT2D eigenvalue weighted by Gasteiger charge is 2.30. The molecule has 0 radical (unpaired) electrons. The molecule has 0 bridgehead atoms. The van der Waals surface area contributed by atoms with Gasteiger partial charge in [-0.15, -0.1) is 11.3 Å². The lowest BCUT2D eigenvalue weighted by molar-refractivity contribution is -0.121. The van der Waals surface area contributed by atoms with Gasteiger partial charge in [0.15, 0.2) is 0 Å². The minimum atomic E-state index is -1.19. The van der Waals surface area contributed by atoms with Crippen molar-refractivity contribution in [1.82, 2.24) is 15.5 Å². The number of carbonyl (C=O) groups excluding carboxylic acids is 4. The molecule has 1 fully saturated rings. The van der Waals surface area contributed by atoms with E-state index in [-0.39, 0.29) is 24.3 Å². The second kappa shape index (κ2) is 9.70. The number of benzene rings is 1. The Hall–Kier alpha value is -2.91. The molecule has 0 unspecified atom stereocenters. The monoisotopic (exact) mass is 476 g/mol. The van der Waals surface area contributed by atoms with E-state index in [9.17, 15) is 19.2 Å². The molecular weight excluding hydrogens is 452 g/mol.